The Bertz CT molecular complexity index is 1090. The molecule has 2 amide bonds. The van der Waals surface area contributed by atoms with Crippen molar-refractivity contribution in [2.45, 2.75) is 13.5 Å². The third-order valence-corrected chi connectivity index (χ3v) is 4.28. The number of nitrogens with one attached hydrogen (secondary N) is 2. The SMILES string of the molecule is CCOc1ccc(NC(=O)Nc2ccc(CN(C#N)C(N)=Nc3ccncc3)cc2)cc1. The number of carbonyl (C=O) groups is 1. The molecule has 32 heavy (non-hydrogen) atoms. The fourth-order valence-corrected chi connectivity index (χ4v) is 2.75. The van der Waals surface area contributed by atoms with Gasteiger partial charge in [0.15, 0.2) is 6.19 Å². The van der Waals surface area contributed by atoms with E-state index in [2.05, 4.69) is 20.6 Å². The quantitative estimate of drug-likeness (QED) is 0.225. The number of urea groups is 1. The standard InChI is InChI=1S/C23H23N7O2/c1-2-32-21-9-7-19(8-10-21)29-23(31)28-18-5-3-17(4-6-18)15-30(16-24)22(25)27-20-11-13-26-14-12-20/h3-14H,2,15H2,1H3,(H2,25,26,27)(H2,28,29,31). The summed E-state index contributed by atoms with van der Waals surface area (Å²) in [5.74, 6) is 0.822. The smallest absolute Gasteiger partial charge is 0.323 e. The Morgan fingerprint density at radius 3 is 2.22 bits per heavy atom. The number of aromatic nitrogens is 1. The minimum absolute atomic E-state index is 0.0793. The zero-order chi connectivity index (χ0) is 22.8. The zero-order valence-electron chi connectivity index (χ0n) is 17.5. The highest BCUT2D eigenvalue weighted by atomic mass is 16.5. The van der Waals surface area contributed by atoms with Crippen LogP contribution in [0.15, 0.2) is 78.0 Å². The number of anilines is 2. The molecule has 0 aliphatic rings. The molecule has 4 N–H and O–H groups in total. The number of hydrogen-bond acceptors (Lipinski definition) is 5. The summed E-state index contributed by atoms with van der Waals surface area (Å²) in [4.78, 5) is 21.6. The molecule has 0 unspecified atom stereocenters. The van der Waals surface area contributed by atoms with Crippen LogP contribution in [0.2, 0.25) is 0 Å². The Hall–Kier alpha value is -4.58. The number of carbonyl (C=O) groups excluding carboxylic acids is 1. The van der Waals surface area contributed by atoms with Crippen LogP contribution in [0.5, 0.6) is 5.75 Å². The fourth-order valence-electron chi connectivity index (χ4n) is 2.75. The van der Waals surface area contributed by atoms with Crippen molar-refractivity contribution < 1.29 is 9.53 Å². The fraction of sp³-hybridized carbons (Fsp3) is 0.130. The number of amides is 2. The van der Waals surface area contributed by atoms with E-state index < -0.39 is 0 Å². The van der Waals surface area contributed by atoms with Gasteiger partial charge in [0.25, 0.3) is 0 Å². The van der Waals surface area contributed by atoms with E-state index >= 15 is 0 Å². The normalized spacial score (nSPS) is 10.7. The maximum Gasteiger partial charge on any atom is 0.323 e. The summed E-state index contributed by atoms with van der Waals surface area (Å²) < 4.78 is 5.38. The number of rotatable bonds is 7. The largest absolute Gasteiger partial charge is 0.494 e. The molecule has 1 heterocycles. The lowest BCUT2D eigenvalue weighted by molar-refractivity contribution is 0.262. The van der Waals surface area contributed by atoms with Gasteiger partial charge in [-0.2, -0.15) is 5.26 Å². The molecular formula is C23H23N7O2. The number of pyridine rings is 1. The summed E-state index contributed by atoms with van der Waals surface area (Å²) in [6, 6.07) is 17.2. The second-order valence-electron chi connectivity index (χ2n) is 6.59. The Balaban J connectivity index is 1.56. The molecule has 0 spiro atoms. The zero-order valence-corrected chi connectivity index (χ0v) is 17.5. The Morgan fingerprint density at radius 1 is 1.06 bits per heavy atom. The van der Waals surface area contributed by atoms with Gasteiger partial charge in [0.1, 0.15) is 5.75 Å². The van der Waals surface area contributed by atoms with Crippen molar-refractivity contribution in [1.82, 2.24) is 9.88 Å². The van der Waals surface area contributed by atoms with E-state index in [4.69, 9.17) is 10.5 Å². The lowest BCUT2D eigenvalue weighted by atomic mass is 10.2. The number of hydrogen-bond donors (Lipinski definition) is 3. The van der Waals surface area contributed by atoms with Crippen molar-refractivity contribution >= 4 is 29.1 Å². The molecule has 2 aromatic carbocycles. The highest BCUT2D eigenvalue weighted by Crippen LogP contribution is 2.17. The number of nitriles is 1. The third kappa shape index (κ3) is 6.47. The molecule has 3 rings (SSSR count). The number of nitrogens with two attached hydrogens (primary N) is 1. The molecule has 9 heteroatoms. The van der Waals surface area contributed by atoms with Gasteiger partial charge in [-0.1, -0.05) is 12.1 Å². The van der Waals surface area contributed by atoms with Gasteiger partial charge < -0.3 is 21.1 Å². The highest BCUT2D eigenvalue weighted by Gasteiger charge is 2.09. The van der Waals surface area contributed by atoms with Crippen molar-refractivity contribution in [2.75, 3.05) is 17.2 Å². The summed E-state index contributed by atoms with van der Waals surface area (Å²) in [5, 5.41) is 15.0. The lowest BCUT2D eigenvalue weighted by Gasteiger charge is -2.15. The van der Waals surface area contributed by atoms with Crippen LogP contribution in [0, 0.1) is 11.5 Å². The van der Waals surface area contributed by atoms with Crippen molar-refractivity contribution in [3.8, 4) is 11.9 Å². The number of ether oxygens (including phenoxy) is 1. The first-order valence-electron chi connectivity index (χ1n) is 9.88. The third-order valence-electron chi connectivity index (χ3n) is 4.28. The van der Waals surface area contributed by atoms with E-state index in [0.717, 1.165) is 11.3 Å². The first-order valence-corrected chi connectivity index (χ1v) is 9.88. The summed E-state index contributed by atoms with van der Waals surface area (Å²) in [5.41, 5.74) is 8.66. The summed E-state index contributed by atoms with van der Waals surface area (Å²) in [6.45, 7) is 2.74. The molecule has 0 saturated heterocycles. The van der Waals surface area contributed by atoms with Crippen LogP contribution in [-0.2, 0) is 6.54 Å². The molecule has 0 bridgehead atoms. The van der Waals surface area contributed by atoms with Crippen LogP contribution >= 0.6 is 0 Å². The van der Waals surface area contributed by atoms with E-state index in [-0.39, 0.29) is 18.5 Å². The summed E-state index contributed by atoms with van der Waals surface area (Å²) in [7, 11) is 0. The number of benzene rings is 2. The maximum absolute atomic E-state index is 12.2. The summed E-state index contributed by atoms with van der Waals surface area (Å²) in [6.07, 6.45) is 5.23. The molecule has 3 aromatic rings. The van der Waals surface area contributed by atoms with Crippen LogP contribution in [0.3, 0.4) is 0 Å². The highest BCUT2D eigenvalue weighted by molar-refractivity contribution is 5.99. The molecule has 0 aliphatic heterocycles. The molecule has 1 aromatic heterocycles. The van der Waals surface area contributed by atoms with Crippen molar-refractivity contribution in [3.63, 3.8) is 0 Å². The van der Waals surface area contributed by atoms with E-state index in [1.54, 1.807) is 73.1 Å². The van der Waals surface area contributed by atoms with E-state index in [1.165, 1.54) is 4.90 Å². The van der Waals surface area contributed by atoms with Gasteiger partial charge in [-0.3, -0.25) is 4.98 Å². The maximum atomic E-state index is 12.2. The molecule has 0 saturated carbocycles. The Kier molecular flexibility index (Phi) is 7.59. The minimum Gasteiger partial charge on any atom is -0.494 e. The van der Waals surface area contributed by atoms with Crippen molar-refractivity contribution in [1.29, 1.82) is 5.26 Å². The Morgan fingerprint density at radius 2 is 1.66 bits per heavy atom. The molecule has 9 nitrogen and oxygen atoms in total. The van der Waals surface area contributed by atoms with Crippen molar-refractivity contribution in [3.05, 3.63) is 78.6 Å². The topological polar surface area (TPSA) is 129 Å². The first kappa shape index (κ1) is 22.1. The average molecular weight is 429 g/mol. The van der Waals surface area contributed by atoms with Crippen LogP contribution in [0.4, 0.5) is 21.9 Å². The van der Waals surface area contributed by atoms with Gasteiger partial charge in [0.05, 0.1) is 18.8 Å². The minimum atomic E-state index is -0.366. The van der Waals surface area contributed by atoms with E-state index in [9.17, 15) is 10.1 Å². The predicted octanol–water partition coefficient (Wildman–Crippen LogP) is 4.05. The van der Waals surface area contributed by atoms with E-state index in [1.807, 2.05) is 13.1 Å². The molecular weight excluding hydrogens is 406 g/mol. The van der Waals surface area contributed by atoms with Gasteiger partial charge in [-0.05, 0) is 61.0 Å². The van der Waals surface area contributed by atoms with Crippen LogP contribution in [-0.4, -0.2) is 28.5 Å². The van der Waals surface area contributed by atoms with Gasteiger partial charge in [-0.25, -0.2) is 14.7 Å². The van der Waals surface area contributed by atoms with Gasteiger partial charge in [0.2, 0.25) is 5.96 Å². The van der Waals surface area contributed by atoms with Crippen LogP contribution < -0.4 is 21.1 Å². The summed E-state index contributed by atoms with van der Waals surface area (Å²) >= 11 is 0. The van der Waals surface area contributed by atoms with Crippen LogP contribution in [0.1, 0.15) is 12.5 Å². The molecule has 162 valence electrons. The molecule has 0 aliphatic carbocycles. The van der Waals surface area contributed by atoms with Gasteiger partial charge in [0, 0.05) is 23.8 Å². The second kappa shape index (κ2) is 11.0. The number of aliphatic imine (C=N–C) groups is 1. The average Bonchev–Trinajstić information content (AvgIpc) is 2.80. The molecule has 0 fully saturated rings. The Labute approximate surface area is 186 Å². The number of guanidine groups is 1. The first-order chi connectivity index (χ1) is 15.6. The van der Waals surface area contributed by atoms with Gasteiger partial charge in [-0.15, -0.1) is 0 Å². The predicted molar refractivity (Wildman–Crippen MR) is 123 cm³/mol. The lowest BCUT2D eigenvalue weighted by Crippen LogP contribution is -2.32. The molecule has 0 radical (unpaired) electrons. The second-order valence-corrected chi connectivity index (χ2v) is 6.59. The number of nitrogens with zero attached hydrogens (tertiary/aromatic N) is 4. The van der Waals surface area contributed by atoms with Crippen molar-refractivity contribution in [2.24, 2.45) is 10.7 Å². The van der Waals surface area contributed by atoms with Crippen LogP contribution in [0.25, 0.3) is 0 Å². The molecule has 0 atom stereocenters. The monoisotopic (exact) mass is 429 g/mol. The van der Waals surface area contributed by atoms with E-state index in [0.29, 0.717) is 23.7 Å². The van der Waals surface area contributed by atoms with Gasteiger partial charge >= 0.3 is 6.03 Å².